The highest BCUT2D eigenvalue weighted by atomic mass is 19.4. The monoisotopic (exact) mass is 182 g/mol. The number of H-pyrrole nitrogens is 1. The molecule has 2 nitrogen and oxygen atoms in total. The van der Waals surface area contributed by atoms with Crippen LogP contribution in [-0.2, 0) is 6.18 Å². The number of rotatable bonds is 0. The Kier molecular flexibility index (Phi) is 0.910. The predicted octanol–water partition coefficient (Wildman–Crippen LogP) is 1.70. The van der Waals surface area contributed by atoms with Gasteiger partial charge in [0.15, 0.2) is 0 Å². The Morgan fingerprint density at radius 1 is 1.58 bits per heavy atom. The molecule has 0 fully saturated rings. The molecule has 0 saturated carbocycles. The summed E-state index contributed by atoms with van der Waals surface area (Å²) in [6.07, 6.45) is -5.12. The smallest absolute Gasteiger partial charge is 0.326 e. The second-order valence-electron chi connectivity index (χ2n) is 1.95. The highest BCUT2D eigenvalue weighted by Crippen LogP contribution is 2.27. The Morgan fingerprint density at radius 2 is 2.25 bits per heavy atom. The van der Waals surface area contributed by atoms with Crippen LogP contribution in [0.25, 0.3) is 0 Å². The summed E-state index contributed by atoms with van der Waals surface area (Å²) in [6.45, 7) is -3.05. The molecule has 0 radical (unpaired) electrons. The van der Waals surface area contributed by atoms with E-state index in [0.717, 1.165) is 0 Å². The Morgan fingerprint density at radius 3 is 2.75 bits per heavy atom. The number of aromatic amines is 1. The number of hydrogen-bond acceptors (Lipinski definition) is 1. The number of halogens is 3. The molecular weight excluding hydrogens is 171 g/mol. The summed E-state index contributed by atoms with van der Waals surface area (Å²) in [5.74, 6) is 0. The largest absolute Gasteiger partial charge is 0.416 e. The van der Waals surface area contributed by atoms with Crippen LogP contribution in [0.3, 0.4) is 0 Å². The quantitative estimate of drug-likeness (QED) is 0.650. The van der Waals surface area contributed by atoms with E-state index in [9.17, 15) is 18.0 Å². The molecule has 0 atom stereocenters. The minimum absolute atomic E-state index is 1.12. The first-order valence-corrected chi connectivity index (χ1v) is 2.77. The van der Waals surface area contributed by atoms with Crippen molar-refractivity contribution in [2.75, 3.05) is 0 Å². The molecule has 12 heavy (non-hydrogen) atoms. The topological polar surface area (TPSA) is 32.9 Å². The number of aromatic nitrogens is 1. The minimum Gasteiger partial charge on any atom is -0.326 e. The lowest BCUT2D eigenvalue weighted by Gasteiger charge is -2.05. The molecule has 0 saturated heterocycles. The summed E-state index contributed by atoms with van der Waals surface area (Å²) in [5, 5.41) is 0. The molecular formula is C7H6F3NO. The summed E-state index contributed by atoms with van der Waals surface area (Å²) < 4.78 is 72.2. The molecule has 0 aromatic carbocycles. The lowest BCUT2D eigenvalue weighted by Crippen LogP contribution is -2.13. The van der Waals surface area contributed by atoms with Gasteiger partial charge >= 0.3 is 6.18 Å². The molecule has 0 unspecified atom stereocenters. The molecule has 0 bridgehead atoms. The van der Waals surface area contributed by atoms with Crippen LogP contribution in [0.2, 0.25) is 0 Å². The van der Waals surface area contributed by atoms with E-state index in [1.54, 1.807) is 4.98 Å². The predicted molar refractivity (Wildman–Crippen MR) is 36.8 cm³/mol. The van der Waals surface area contributed by atoms with Gasteiger partial charge in [0.05, 0.1) is 8.30 Å². The maximum absolute atomic E-state index is 12.5. The van der Waals surface area contributed by atoms with E-state index in [0.29, 0.717) is 0 Å². The van der Waals surface area contributed by atoms with E-state index in [1.165, 1.54) is 0 Å². The van der Waals surface area contributed by atoms with Gasteiger partial charge in [-0.1, -0.05) is 0 Å². The van der Waals surface area contributed by atoms with Gasteiger partial charge in [0, 0.05) is 15.8 Å². The molecule has 1 heterocycles. The van der Waals surface area contributed by atoms with E-state index in [2.05, 4.69) is 0 Å². The molecule has 0 amide bonds. The van der Waals surface area contributed by atoms with Crippen molar-refractivity contribution in [3.63, 3.8) is 0 Å². The van der Waals surface area contributed by atoms with E-state index < -0.39 is 41.9 Å². The Bertz CT molecular complexity index is 504. The van der Waals surface area contributed by atoms with E-state index in [-0.39, 0.29) is 0 Å². The van der Waals surface area contributed by atoms with Crippen molar-refractivity contribution in [2.45, 2.75) is 13.0 Å². The normalized spacial score (nSPS) is 18.8. The first-order valence-electron chi connectivity index (χ1n) is 5.27. The summed E-state index contributed by atoms with van der Waals surface area (Å²) >= 11 is 0. The lowest BCUT2D eigenvalue weighted by atomic mass is 10.2. The summed E-state index contributed by atoms with van der Waals surface area (Å²) in [4.78, 5) is 12.6. The maximum Gasteiger partial charge on any atom is 0.416 e. The van der Waals surface area contributed by atoms with Crippen molar-refractivity contribution in [3.8, 4) is 0 Å². The summed E-state index contributed by atoms with van der Waals surface area (Å²) in [7, 11) is 0. The van der Waals surface area contributed by atoms with Gasteiger partial charge in [0.1, 0.15) is 0 Å². The fourth-order valence-corrected chi connectivity index (χ4v) is 0.588. The zero-order valence-electron chi connectivity index (χ0n) is 10.5. The summed E-state index contributed by atoms with van der Waals surface area (Å²) in [6, 6.07) is -2.86. The molecule has 0 aliphatic heterocycles. The highest BCUT2D eigenvalue weighted by Gasteiger charge is 2.30. The van der Waals surface area contributed by atoms with Crippen LogP contribution in [0, 0.1) is 6.85 Å². The van der Waals surface area contributed by atoms with E-state index in [4.69, 9.17) is 6.85 Å². The number of pyridine rings is 1. The standard InChI is InChI=1S/C7H6F3NO/c1-4-2-5(7(8,9)10)3-6(12)11-4/h2-3H,1H3,(H,11,12)/i1D3,2D,3D. The zero-order chi connectivity index (χ0) is 13.6. The van der Waals surface area contributed by atoms with Crippen molar-refractivity contribution >= 4 is 0 Å². The van der Waals surface area contributed by atoms with Crippen molar-refractivity contribution < 1.29 is 20.0 Å². The van der Waals surface area contributed by atoms with Gasteiger partial charge in [0.2, 0.25) is 5.56 Å². The average molecular weight is 182 g/mol. The maximum atomic E-state index is 12.5. The zero-order valence-corrected chi connectivity index (χ0v) is 5.54. The number of alkyl halides is 3. The molecule has 0 spiro atoms. The number of nitrogens with one attached hydrogen (secondary N) is 1. The molecule has 66 valence electrons. The van der Waals surface area contributed by atoms with Crippen LogP contribution < -0.4 is 5.56 Å². The fourth-order valence-electron chi connectivity index (χ4n) is 0.588. The second-order valence-corrected chi connectivity index (χ2v) is 1.95. The fraction of sp³-hybridized carbons (Fsp3) is 0.286. The van der Waals surface area contributed by atoms with Gasteiger partial charge in [-0.15, -0.1) is 0 Å². The van der Waals surface area contributed by atoms with Crippen molar-refractivity contribution in [1.82, 2.24) is 4.98 Å². The first-order chi connectivity index (χ1) is 7.46. The van der Waals surface area contributed by atoms with Gasteiger partial charge in [-0.25, -0.2) is 0 Å². The Labute approximate surface area is 73.1 Å². The Hall–Kier alpha value is -1.26. The van der Waals surface area contributed by atoms with Crippen molar-refractivity contribution in [3.05, 3.63) is 33.7 Å². The third kappa shape index (κ3) is 1.87. The molecule has 1 N–H and O–H groups in total. The van der Waals surface area contributed by atoms with Gasteiger partial charge in [-0.05, 0) is 12.9 Å². The van der Waals surface area contributed by atoms with Crippen LogP contribution in [-0.4, -0.2) is 4.98 Å². The molecule has 5 heteroatoms. The minimum atomic E-state index is -5.12. The van der Waals surface area contributed by atoms with Crippen LogP contribution in [0.15, 0.2) is 16.9 Å². The van der Waals surface area contributed by atoms with Crippen LogP contribution in [0.5, 0.6) is 0 Å². The lowest BCUT2D eigenvalue weighted by molar-refractivity contribution is -0.137. The molecule has 1 rings (SSSR count). The third-order valence-corrected chi connectivity index (χ3v) is 1.01. The molecule has 1 aromatic rings. The second kappa shape index (κ2) is 2.66. The van der Waals surface area contributed by atoms with Gasteiger partial charge in [0.25, 0.3) is 0 Å². The first kappa shape index (κ1) is 4.11. The van der Waals surface area contributed by atoms with E-state index in [1.807, 2.05) is 0 Å². The highest BCUT2D eigenvalue weighted by molar-refractivity contribution is 5.18. The van der Waals surface area contributed by atoms with Crippen LogP contribution in [0.1, 0.15) is 18.1 Å². The SMILES string of the molecule is [2H]c1c(C([2H])([2H])[2H])[nH]c(=O)c([2H])c1C(F)(F)F. The van der Waals surface area contributed by atoms with Gasteiger partial charge in [-0.2, -0.15) is 13.2 Å². The van der Waals surface area contributed by atoms with E-state index >= 15 is 0 Å². The summed E-state index contributed by atoms with van der Waals surface area (Å²) in [5.41, 5.74) is -4.45. The van der Waals surface area contributed by atoms with Crippen molar-refractivity contribution in [2.24, 2.45) is 0 Å². The van der Waals surface area contributed by atoms with Crippen molar-refractivity contribution in [1.29, 1.82) is 0 Å². The number of hydrogen-bond donors (Lipinski definition) is 1. The molecule has 1 aromatic heterocycles. The van der Waals surface area contributed by atoms with Gasteiger partial charge < -0.3 is 4.98 Å². The van der Waals surface area contributed by atoms with Gasteiger partial charge in [-0.3, -0.25) is 4.79 Å². The molecule has 0 aliphatic carbocycles. The van der Waals surface area contributed by atoms with Crippen LogP contribution in [0.4, 0.5) is 13.2 Å². The number of aryl methyl sites for hydroxylation is 1. The van der Waals surface area contributed by atoms with Crippen LogP contribution >= 0.6 is 0 Å². The Balaban J connectivity index is 3.74. The average Bonchev–Trinajstić information content (AvgIpc) is 2.07. The molecule has 0 aliphatic rings. The third-order valence-electron chi connectivity index (χ3n) is 1.01.